The van der Waals surface area contributed by atoms with Crippen molar-refractivity contribution in [1.82, 2.24) is 4.98 Å². The van der Waals surface area contributed by atoms with Crippen molar-refractivity contribution in [2.45, 2.75) is 39.9 Å². The number of benzene rings is 1. The van der Waals surface area contributed by atoms with Crippen molar-refractivity contribution < 1.29 is 2.74 Å². The van der Waals surface area contributed by atoms with Crippen LogP contribution in [0, 0.1) is 5.92 Å². The zero-order chi connectivity index (χ0) is 16.5. The van der Waals surface area contributed by atoms with Gasteiger partial charge >= 0.3 is 0 Å². The molecule has 0 fully saturated rings. The first kappa shape index (κ1) is 12.3. The smallest absolute Gasteiger partial charge is 0.0799 e. The number of nitrogens with zero attached hydrogens (tertiary/aromatic N) is 1. The van der Waals surface area contributed by atoms with Crippen LogP contribution in [-0.4, -0.2) is 13.1 Å². The standard InChI is InChI=1S/C18H25NSi/c1-14(2)11-16-12-17(15-9-7-6-8-10-15)19-13-18(16)20(3,4)5/h6-10,12-14H,11H2,1-5H3/i11D2. The molecule has 0 amide bonds. The van der Waals surface area contributed by atoms with Crippen LogP contribution < -0.4 is 5.19 Å². The minimum absolute atomic E-state index is 0.0753. The summed E-state index contributed by atoms with van der Waals surface area (Å²) in [7, 11) is -1.66. The molecule has 1 aromatic carbocycles. The molecule has 2 rings (SSSR count). The fraction of sp³-hybridized carbons (Fsp3) is 0.389. The molecular formula is C18H25NSi. The van der Waals surface area contributed by atoms with Crippen LogP contribution in [0.4, 0.5) is 0 Å². The molecule has 0 spiro atoms. The van der Waals surface area contributed by atoms with Crippen molar-refractivity contribution in [1.29, 1.82) is 0 Å². The molecular weight excluding hydrogens is 258 g/mol. The third-order valence-corrected chi connectivity index (χ3v) is 5.24. The molecule has 1 aromatic heterocycles. The van der Waals surface area contributed by atoms with E-state index in [2.05, 4.69) is 24.6 Å². The predicted octanol–water partition coefficient (Wildman–Crippen LogP) is 4.49. The van der Waals surface area contributed by atoms with Gasteiger partial charge in [0, 0.05) is 14.5 Å². The Labute approximate surface area is 126 Å². The molecule has 0 unspecified atom stereocenters. The number of rotatable bonds is 4. The Morgan fingerprint density at radius 3 is 2.35 bits per heavy atom. The summed E-state index contributed by atoms with van der Waals surface area (Å²) in [6.07, 6.45) is 0.562. The van der Waals surface area contributed by atoms with E-state index in [9.17, 15) is 0 Å². The van der Waals surface area contributed by atoms with Crippen LogP contribution in [0.5, 0.6) is 0 Å². The van der Waals surface area contributed by atoms with Gasteiger partial charge in [0.15, 0.2) is 0 Å². The molecule has 20 heavy (non-hydrogen) atoms. The van der Waals surface area contributed by atoms with Crippen molar-refractivity contribution in [3.63, 3.8) is 0 Å². The van der Waals surface area contributed by atoms with E-state index in [1.807, 2.05) is 56.4 Å². The van der Waals surface area contributed by atoms with E-state index in [1.165, 1.54) is 0 Å². The monoisotopic (exact) mass is 285 g/mol. The molecule has 0 radical (unpaired) electrons. The summed E-state index contributed by atoms with van der Waals surface area (Å²) < 4.78 is 17.1. The van der Waals surface area contributed by atoms with Gasteiger partial charge in [-0.15, -0.1) is 0 Å². The Balaban J connectivity index is 2.66. The van der Waals surface area contributed by atoms with E-state index in [0.29, 0.717) is 0 Å². The van der Waals surface area contributed by atoms with Crippen molar-refractivity contribution in [3.8, 4) is 11.3 Å². The highest BCUT2D eigenvalue weighted by Crippen LogP contribution is 2.20. The van der Waals surface area contributed by atoms with Gasteiger partial charge in [0.05, 0.1) is 13.8 Å². The second-order valence-corrected chi connectivity index (χ2v) is 11.6. The topological polar surface area (TPSA) is 12.9 Å². The average molecular weight is 286 g/mol. The van der Waals surface area contributed by atoms with E-state index in [-0.39, 0.29) is 5.92 Å². The van der Waals surface area contributed by atoms with Gasteiger partial charge in [-0.1, -0.05) is 63.8 Å². The number of hydrogen-bond acceptors (Lipinski definition) is 1. The van der Waals surface area contributed by atoms with Gasteiger partial charge in [-0.25, -0.2) is 0 Å². The van der Waals surface area contributed by atoms with Crippen molar-refractivity contribution in [3.05, 3.63) is 48.2 Å². The Hall–Kier alpha value is -1.41. The van der Waals surface area contributed by atoms with Crippen LogP contribution in [0.25, 0.3) is 11.3 Å². The van der Waals surface area contributed by atoms with E-state index < -0.39 is 14.4 Å². The maximum atomic E-state index is 8.56. The van der Waals surface area contributed by atoms with Crippen LogP contribution in [-0.2, 0) is 6.37 Å². The van der Waals surface area contributed by atoms with Gasteiger partial charge < -0.3 is 0 Å². The van der Waals surface area contributed by atoms with Gasteiger partial charge in [-0.2, -0.15) is 0 Å². The lowest BCUT2D eigenvalue weighted by Gasteiger charge is -2.22. The largest absolute Gasteiger partial charge is 0.256 e. The molecule has 0 atom stereocenters. The van der Waals surface area contributed by atoms with Crippen LogP contribution in [0.1, 0.15) is 22.2 Å². The van der Waals surface area contributed by atoms with Crippen LogP contribution in [0.15, 0.2) is 42.6 Å². The van der Waals surface area contributed by atoms with Crippen molar-refractivity contribution >= 4 is 13.3 Å². The predicted molar refractivity (Wildman–Crippen MR) is 91.2 cm³/mol. The zero-order valence-electron chi connectivity index (χ0n) is 15.1. The average Bonchev–Trinajstić information content (AvgIpc) is 2.46. The molecule has 1 nitrogen and oxygen atoms in total. The Morgan fingerprint density at radius 2 is 1.80 bits per heavy atom. The molecule has 1 heterocycles. The summed E-state index contributed by atoms with van der Waals surface area (Å²) in [5.41, 5.74) is 2.70. The van der Waals surface area contributed by atoms with Gasteiger partial charge in [0.2, 0.25) is 0 Å². The number of aromatic nitrogens is 1. The lowest BCUT2D eigenvalue weighted by molar-refractivity contribution is 0.649. The maximum Gasteiger partial charge on any atom is 0.0799 e. The second-order valence-electron chi connectivity index (χ2n) is 6.53. The molecule has 0 aliphatic carbocycles. The van der Waals surface area contributed by atoms with Crippen molar-refractivity contribution in [2.24, 2.45) is 5.92 Å². The Kier molecular flexibility index (Phi) is 3.65. The zero-order valence-corrected chi connectivity index (χ0v) is 14.1. The number of pyridine rings is 1. The quantitative estimate of drug-likeness (QED) is 0.754. The molecule has 0 aliphatic rings. The van der Waals surface area contributed by atoms with Gasteiger partial charge in [0.1, 0.15) is 0 Å². The van der Waals surface area contributed by atoms with E-state index in [1.54, 1.807) is 0 Å². The molecule has 0 N–H and O–H groups in total. The van der Waals surface area contributed by atoms with Crippen molar-refractivity contribution in [2.75, 3.05) is 0 Å². The second kappa shape index (κ2) is 5.92. The Bertz CT molecular complexity index is 646. The first-order chi connectivity index (χ1) is 10.1. The maximum absolute atomic E-state index is 8.56. The summed E-state index contributed by atoms with van der Waals surface area (Å²) in [6.45, 7) is 10.6. The summed E-state index contributed by atoms with van der Waals surface area (Å²) in [5.74, 6) is -0.0753. The first-order valence-corrected chi connectivity index (χ1v) is 10.7. The molecule has 0 bridgehead atoms. The highest BCUT2D eigenvalue weighted by atomic mass is 28.3. The first-order valence-electron chi connectivity index (χ1n) is 8.20. The minimum Gasteiger partial charge on any atom is -0.256 e. The van der Waals surface area contributed by atoms with Crippen LogP contribution in [0.2, 0.25) is 19.6 Å². The molecule has 2 aromatic rings. The molecule has 0 saturated heterocycles. The molecule has 0 saturated carbocycles. The molecule has 106 valence electrons. The van der Waals surface area contributed by atoms with E-state index in [0.717, 1.165) is 22.0 Å². The summed E-state index contributed by atoms with van der Waals surface area (Å²) in [6, 6.07) is 12.0. The van der Waals surface area contributed by atoms with Crippen LogP contribution in [0.3, 0.4) is 0 Å². The third-order valence-electron chi connectivity index (χ3n) is 3.23. The Morgan fingerprint density at radius 1 is 1.15 bits per heavy atom. The molecule has 2 heteroatoms. The van der Waals surface area contributed by atoms with Crippen LogP contribution >= 0.6 is 0 Å². The van der Waals surface area contributed by atoms with Gasteiger partial charge in [-0.3, -0.25) is 4.98 Å². The number of hydrogen-bond donors (Lipinski definition) is 0. The SMILES string of the molecule is [2H]C([2H])(c1cc(-c2ccccc2)ncc1[Si](C)(C)C)C(C)C. The normalized spacial score (nSPS) is 14.1. The third kappa shape index (κ3) is 3.57. The summed E-state index contributed by atoms with van der Waals surface area (Å²) >= 11 is 0. The highest BCUT2D eigenvalue weighted by molar-refractivity contribution is 6.89. The minimum atomic E-state index is -1.66. The fourth-order valence-corrected chi connectivity index (χ4v) is 3.65. The van der Waals surface area contributed by atoms with Gasteiger partial charge in [0.25, 0.3) is 0 Å². The highest BCUT2D eigenvalue weighted by Gasteiger charge is 2.21. The summed E-state index contributed by atoms with van der Waals surface area (Å²) in [4.78, 5) is 4.62. The summed E-state index contributed by atoms with van der Waals surface area (Å²) in [5, 5.41) is 1.12. The van der Waals surface area contributed by atoms with E-state index >= 15 is 0 Å². The molecule has 0 aliphatic heterocycles. The van der Waals surface area contributed by atoms with Gasteiger partial charge in [-0.05, 0) is 29.1 Å². The van der Waals surface area contributed by atoms with E-state index in [4.69, 9.17) is 2.74 Å². The fourth-order valence-electron chi connectivity index (χ4n) is 2.25. The lowest BCUT2D eigenvalue weighted by atomic mass is 10.0. The lowest BCUT2D eigenvalue weighted by Crippen LogP contribution is -2.40.